The molecule has 2 heteroatoms. The van der Waals surface area contributed by atoms with E-state index in [9.17, 15) is 0 Å². The Balaban J connectivity index is 2.09. The zero-order valence-electron chi connectivity index (χ0n) is 12.3. The molecule has 0 spiro atoms. The maximum Gasteiger partial charge on any atom is 0.0110 e. The molecule has 1 saturated carbocycles. The van der Waals surface area contributed by atoms with Crippen LogP contribution in [0.4, 0.5) is 0 Å². The maximum absolute atomic E-state index is 3.68. The third-order valence-electron chi connectivity index (χ3n) is 3.97. The van der Waals surface area contributed by atoms with Crippen molar-refractivity contribution in [3.63, 3.8) is 0 Å². The summed E-state index contributed by atoms with van der Waals surface area (Å²) in [5.41, 5.74) is 0. The largest absolute Gasteiger partial charge is 0.313 e. The van der Waals surface area contributed by atoms with E-state index in [1.807, 2.05) is 0 Å². The molecule has 102 valence electrons. The van der Waals surface area contributed by atoms with E-state index in [-0.39, 0.29) is 0 Å². The molecule has 2 nitrogen and oxygen atoms in total. The maximum atomic E-state index is 3.68. The van der Waals surface area contributed by atoms with Crippen LogP contribution in [0.1, 0.15) is 59.8 Å². The quantitative estimate of drug-likeness (QED) is 0.590. The molecular weight excluding hydrogens is 208 g/mol. The minimum atomic E-state index is 0.685. The molecule has 1 rings (SSSR count). The van der Waals surface area contributed by atoms with Gasteiger partial charge in [0.15, 0.2) is 0 Å². The molecule has 0 amide bonds. The Morgan fingerprint density at radius 3 is 2.35 bits per heavy atom. The normalized spacial score (nSPS) is 18.0. The van der Waals surface area contributed by atoms with Crippen molar-refractivity contribution in [3.8, 4) is 0 Å². The van der Waals surface area contributed by atoms with Crippen LogP contribution in [0.25, 0.3) is 0 Å². The predicted octanol–water partition coefficient (Wildman–Crippen LogP) is 3.28. The van der Waals surface area contributed by atoms with Crippen molar-refractivity contribution in [1.29, 1.82) is 0 Å². The van der Waals surface area contributed by atoms with E-state index in [1.165, 1.54) is 45.2 Å². The fourth-order valence-corrected chi connectivity index (χ4v) is 2.39. The monoisotopic (exact) mass is 240 g/mol. The van der Waals surface area contributed by atoms with Crippen molar-refractivity contribution in [2.24, 2.45) is 5.92 Å². The molecule has 1 atom stereocenters. The van der Waals surface area contributed by atoms with Crippen molar-refractivity contribution >= 4 is 0 Å². The molecule has 0 aliphatic heterocycles. The van der Waals surface area contributed by atoms with E-state index in [1.54, 1.807) is 0 Å². The van der Waals surface area contributed by atoms with Gasteiger partial charge >= 0.3 is 0 Å². The lowest BCUT2D eigenvalue weighted by Gasteiger charge is -2.27. The number of nitrogens with one attached hydrogen (secondary N) is 1. The molecule has 0 bridgehead atoms. The summed E-state index contributed by atoms with van der Waals surface area (Å²) in [6.07, 6.45) is 6.93. The fraction of sp³-hybridized carbons (Fsp3) is 1.00. The summed E-state index contributed by atoms with van der Waals surface area (Å²) >= 11 is 0. The van der Waals surface area contributed by atoms with Crippen LogP contribution in [-0.2, 0) is 0 Å². The summed E-state index contributed by atoms with van der Waals surface area (Å²) in [5.74, 6) is 0.975. The Morgan fingerprint density at radius 1 is 1.12 bits per heavy atom. The zero-order chi connectivity index (χ0) is 12.7. The van der Waals surface area contributed by atoms with E-state index in [0.29, 0.717) is 6.04 Å². The first-order valence-electron chi connectivity index (χ1n) is 7.62. The molecule has 0 aromatic carbocycles. The van der Waals surface area contributed by atoms with Gasteiger partial charge in [0.1, 0.15) is 0 Å². The zero-order valence-corrected chi connectivity index (χ0v) is 12.3. The van der Waals surface area contributed by atoms with Gasteiger partial charge < -0.3 is 5.32 Å². The first-order valence-corrected chi connectivity index (χ1v) is 7.62. The van der Waals surface area contributed by atoms with Crippen molar-refractivity contribution in [2.75, 3.05) is 19.6 Å². The molecule has 17 heavy (non-hydrogen) atoms. The van der Waals surface area contributed by atoms with Crippen molar-refractivity contribution < 1.29 is 0 Å². The summed E-state index contributed by atoms with van der Waals surface area (Å²) in [6, 6.07) is 1.42. The highest BCUT2D eigenvalue weighted by atomic mass is 15.2. The third kappa shape index (κ3) is 6.42. The van der Waals surface area contributed by atoms with Gasteiger partial charge in [-0.3, -0.25) is 4.90 Å². The molecular formula is C15H32N2. The first kappa shape index (κ1) is 15.0. The lowest BCUT2D eigenvalue weighted by atomic mass is 10.2. The second-order valence-electron chi connectivity index (χ2n) is 5.92. The van der Waals surface area contributed by atoms with Crippen LogP contribution in [0.15, 0.2) is 0 Å². The molecule has 1 N–H and O–H groups in total. The van der Waals surface area contributed by atoms with Crippen LogP contribution in [-0.4, -0.2) is 36.6 Å². The summed E-state index contributed by atoms with van der Waals surface area (Å²) < 4.78 is 0. The number of hydrogen-bond acceptors (Lipinski definition) is 2. The van der Waals surface area contributed by atoms with Crippen LogP contribution < -0.4 is 5.32 Å². The van der Waals surface area contributed by atoms with Crippen LogP contribution in [0.5, 0.6) is 0 Å². The minimum Gasteiger partial charge on any atom is -0.313 e. The molecule has 0 saturated heterocycles. The molecule has 1 fully saturated rings. The van der Waals surface area contributed by atoms with E-state index >= 15 is 0 Å². The summed E-state index contributed by atoms with van der Waals surface area (Å²) in [5, 5.41) is 3.68. The Labute approximate surface area is 108 Å². The van der Waals surface area contributed by atoms with Crippen LogP contribution in [0.3, 0.4) is 0 Å². The molecule has 1 aliphatic rings. The van der Waals surface area contributed by atoms with E-state index in [2.05, 4.69) is 37.9 Å². The van der Waals surface area contributed by atoms with Gasteiger partial charge in [0.25, 0.3) is 0 Å². The van der Waals surface area contributed by atoms with E-state index < -0.39 is 0 Å². The highest BCUT2D eigenvalue weighted by Gasteiger charge is 2.27. The Kier molecular flexibility index (Phi) is 7.14. The predicted molar refractivity (Wildman–Crippen MR) is 76.4 cm³/mol. The Hall–Kier alpha value is -0.0800. The molecule has 1 unspecified atom stereocenters. The lowest BCUT2D eigenvalue weighted by Crippen LogP contribution is -2.40. The van der Waals surface area contributed by atoms with E-state index in [0.717, 1.165) is 18.5 Å². The topological polar surface area (TPSA) is 15.3 Å². The highest BCUT2D eigenvalue weighted by Crippen LogP contribution is 2.32. The average molecular weight is 240 g/mol. The summed E-state index contributed by atoms with van der Waals surface area (Å²) in [7, 11) is 0. The first-order chi connectivity index (χ1) is 8.15. The Bertz CT molecular complexity index is 187. The van der Waals surface area contributed by atoms with Crippen LogP contribution >= 0.6 is 0 Å². The molecule has 0 heterocycles. The Morgan fingerprint density at radius 2 is 1.82 bits per heavy atom. The minimum absolute atomic E-state index is 0.685. The highest BCUT2D eigenvalue weighted by molar-refractivity contribution is 4.83. The van der Waals surface area contributed by atoms with Crippen LogP contribution in [0.2, 0.25) is 0 Å². The molecule has 0 aromatic heterocycles. The average Bonchev–Trinajstić information content (AvgIpc) is 3.10. The third-order valence-corrected chi connectivity index (χ3v) is 3.97. The smallest absolute Gasteiger partial charge is 0.0110 e. The number of rotatable bonds is 10. The van der Waals surface area contributed by atoms with Gasteiger partial charge in [0.2, 0.25) is 0 Å². The summed E-state index contributed by atoms with van der Waals surface area (Å²) in [4.78, 5) is 2.61. The van der Waals surface area contributed by atoms with Gasteiger partial charge in [-0.1, -0.05) is 19.8 Å². The molecule has 0 radical (unpaired) electrons. The standard InChI is InChI=1S/C15H32N2/c1-5-6-7-11-17(13(2)3)12-10-16-14(4)15-8-9-15/h13-16H,5-12H2,1-4H3. The van der Waals surface area contributed by atoms with Gasteiger partial charge in [0.05, 0.1) is 0 Å². The lowest BCUT2D eigenvalue weighted by molar-refractivity contribution is 0.214. The fourth-order valence-electron chi connectivity index (χ4n) is 2.39. The van der Waals surface area contributed by atoms with Gasteiger partial charge in [-0.15, -0.1) is 0 Å². The van der Waals surface area contributed by atoms with Gasteiger partial charge in [-0.2, -0.15) is 0 Å². The molecule has 0 aromatic rings. The van der Waals surface area contributed by atoms with Crippen molar-refractivity contribution in [2.45, 2.75) is 71.9 Å². The number of nitrogens with zero attached hydrogens (tertiary/aromatic N) is 1. The van der Waals surface area contributed by atoms with Crippen molar-refractivity contribution in [3.05, 3.63) is 0 Å². The number of unbranched alkanes of at least 4 members (excludes halogenated alkanes) is 2. The second-order valence-corrected chi connectivity index (χ2v) is 5.92. The van der Waals surface area contributed by atoms with Gasteiger partial charge in [-0.25, -0.2) is 0 Å². The SMILES string of the molecule is CCCCCN(CCNC(C)C1CC1)C(C)C. The van der Waals surface area contributed by atoms with Crippen LogP contribution in [0, 0.1) is 5.92 Å². The van der Waals surface area contributed by atoms with Crippen molar-refractivity contribution in [1.82, 2.24) is 10.2 Å². The van der Waals surface area contributed by atoms with Gasteiger partial charge in [-0.05, 0) is 52.5 Å². The van der Waals surface area contributed by atoms with Gasteiger partial charge in [0, 0.05) is 25.2 Å². The van der Waals surface area contributed by atoms with E-state index in [4.69, 9.17) is 0 Å². The molecule has 1 aliphatic carbocycles. The number of hydrogen-bond donors (Lipinski definition) is 1. The second kappa shape index (κ2) is 8.10. The summed E-state index contributed by atoms with van der Waals surface area (Å²) in [6.45, 7) is 12.9.